The number of rotatable bonds is 2. The molecule has 1 atom stereocenters. The SMILES string of the molecule is COc1ccccc1[C@@H]1CCCN1. The zero-order valence-electron chi connectivity index (χ0n) is 7.92. The lowest BCUT2D eigenvalue weighted by Crippen LogP contribution is -2.13. The molecule has 0 aliphatic carbocycles. The van der Waals surface area contributed by atoms with Crippen LogP contribution in [0.15, 0.2) is 24.3 Å². The van der Waals surface area contributed by atoms with Gasteiger partial charge in [-0.3, -0.25) is 0 Å². The van der Waals surface area contributed by atoms with Crippen molar-refractivity contribution in [1.82, 2.24) is 5.32 Å². The number of benzene rings is 1. The standard InChI is InChI=1S/C11H15NO/c1-13-11-7-3-2-5-9(11)10-6-4-8-12-10/h2-3,5,7,10,12H,4,6,8H2,1H3/t10-/m0/s1. The highest BCUT2D eigenvalue weighted by Crippen LogP contribution is 2.30. The molecule has 0 aromatic heterocycles. The molecule has 2 heteroatoms. The van der Waals surface area contributed by atoms with Gasteiger partial charge < -0.3 is 10.1 Å². The number of nitrogens with one attached hydrogen (secondary N) is 1. The van der Waals surface area contributed by atoms with E-state index >= 15 is 0 Å². The van der Waals surface area contributed by atoms with E-state index in [4.69, 9.17) is 4.74 Å². The second kappa shape index (κ2) is 3.79. The third-order valence-electron chi connectivity index (χ3n) is 2.57. The summed E-state index contributed by atoms with van der Waals surface area (Å²) in [6, 6.07) is 8.74. The summed E-state index contributed by atoms with van der Waals surface area (Å²) in [5, 5.41) is 3.47. The summed E-state index contributed by atoms with van der Waals surface area (Å²) in [6.45, 7) is 1.13. The minimum Gasteiger partial charge on any atom is -0.496 e. The Morgan fingerprint density at radius 1 is 1.38 bits per heavy atom. The van der Waals surface area contributed by atoms with Gasteiger partial charge in [0, 0.05) is 11.6 Å². The molecule has 0 spiro atoms. The molecule has 1 N–H and O–H groups in total. The van der Waals surface area contributed by atoms with Gasteiger partial charge in [-0.2, -0.15) is 0 Å². The quantitative estimate of drug-likeness (QED) is 0.747. The molecule has 1 fully saturated rings. The molecule has 1 saturated heterocycles. The highest BCUT2D eigenvalue weighted by molar-refractivity contribution is 5.36. The van der Waals surface area contributed by atoms with Gasteiger partial charge in [0.05, 0.1) is 7.11 Å². The first kappa shape index (κ1) is 8.57. The summed E-state index contributed by atoms with van der Waals surface area (Å²) in [7, 11) is 1.73. The molecule has 1 aliphatic rings. The van der Waals surface area contributed by atoms with Gasteiger partial charge in [-0.15, -0.1) is 0 Å². The van der Waals surface area contributed by atoms with Crippen LogP contribution in [0.1, 0.15) is 24.4 Å². The van der Waals surface area contributed by atoms with Gasteiger partial charge >= 0.3 is 0 Å². The van der Waals surface area contributed by atoms with E-state index in [1.807, 2.05) is 12.1 Å². The maximum absolute atomic E-state index is 5.32. The molecule has 13 heavy (non-hydrogen) atoms. The fourth-order valence-corrected chi connectivity index (χ4v) is 1.90. The molecule has 1 aromatic rings. The van der Waals surface area contributed by atoms with E-state index < -0.39 is 0 Å². The van der Waals surface area contributed by atoms with Crippen molar-refractivity contribution >= 4 is 0 Å². The topological polar surface area (TPSA) is 21.3 Å². The van der Waals surface area contributed by atoms with Crippen molar-refractivity contribution in [2.24, 2.45) is 0 Å². The lowest BCUT2D eigenvalue weighted by Gasteiger charge is -2.14. The van der Waals surface area contributed by atoms with E-state index in [1.54, 1.807) is 7.11 Å². The molecule has 2 nitrogen and oxygen atoms in total. The normalized spacial score (nSPS) is 21.8. The van der Waals surface area contributed by atoms with Crippen molar-refractivity contribution in [3.63, 3.8) is 0 Å². The molecule has 70 valence electrons. The second-order valence-corrected chi connectivity index (χ2v) is 3.39. The van der Waals surface area contributed by atoms with Crippen LogP contribution in [0.25, 0.3) is 0 Å². The average molecular weight is 177 g/mol. The molecule has 0 saturated carbocycles. The van der Waals surface area contributed by atoms with Gasteiger partial charge in [-0.1, -0.05) is 18.2 Å². The number of methoxy groups -OCH3 is 1. The molecular formula is C11H15NO. The van der Waals surface area contributed by atoms with Crippen LogP contribution in [0, 0.1) is 0 Å². The van der Waals surface area contributed by atoms with Crippen LogP contribution in [-0.2, 0) is 0 Å². The Morgan fingerprint density at radius 3 is 2.92 bits per heavy atom. The van der Waals surface area contributed by atoms with E-state index in [-0.39, 0.29) is 0 Å². The Morgan fingerprint density at radius 2 is 2.23 bits per heavy atom. The highest BCUT2D eigenvalue weighted by Gasteiger charge is 2.18. The summed E-state index contributed by atoms with van der Waals surface area (Å²) in [6.07, 6.45) is 2.49. The Labute approximate surface area is 78.9 Å². The van der Waals surface area contributed by atoms with Crippen LogP contribution in [0.3, 0.4) is 0 Å². The van der Waals surface area contributed by atoms with Crippen molar-refractivity contribution in [2.75, 3.05) is 13.7 Å². The second-order valence-electron chi connectivity index (χ2n) is 3.39. The first-order valence-corrected chi connectivity index (χ1v) is 4.78. The van der Waals surface area contributed by atoms with E-state index in [2.05, 4.69) is 17.4 Å². The zero-order valence-corrected chi connectivity index (χ0v) is 7.92. The number of hydrogen-bond donors (Lipinski definition) is 1. The van der Waals surface area contributed by atoms with Gasteiger partial charge in [-0.25, -0.2) is 0 Å². The molecule has 1 heterocycles. The Balaban J connectivity index is 2.26. The van der Waals surface area contributed by atoms with Crippen molar-refractivity contribution in [1.29, 1.82) is 0 Å². The third-order valence-corrected chi connectivity index (χ3v) is 2.57. The predicted octanol–water partition coefficient (Wildman–Crippen LogP) is 2.12. The van der Waals surface area contributed by atoms with Crippen molar-refractivity contribution in [3.8, 4) is 5.75 Å². The van der Waals surface area contributed by atoms with Crippen LogP contribution in [0.4, 0.5) is 0 Å². The summed E-state index contributed by atoms with van der Waals surface area (Å²) in [5.74, 6) is 1.00. The van der Waals surface area contributed by atoms with E-state index in [0.29, 0.717) is 6.04 Å². The van der Waals surface area contributed by atoms with Crippen LogP contribution < -0.4 is 10.1 Å². The smallest absolute Gasteiger partial charge is 0.123 e. The summed E-state index contributed by atoms with van der Waals surface area (Å²) < 4.78 is 5.32. The largest absolute Gasteiger partial charge is 0.496 e. The van der Waals surface area contributed by atoms with Crippen molar-refractivity contribution in [3.05, 3.63) is 29.8 Å². The van der Waals surface area contributed by atoms with Crippen molar-refractivity contribution < 1.29 is 4.74 Å². The molecule has 0 bridgehead atoms. The summed E-state index contributed by atoms with van der Waals surface area (Å²) >= 11 is 0. The van der Waals surface area contributed by atoms with Crippen molar-refractivity contribution in [2.45, 2.75) is 18.9 Å². The minimum absolute atomic E-state index is 0.496. The average Bonchev–Trinajstić information content (AvgIpc) is 2.70. The van der Waals surface area contributed by atoms with Gasteiger partial charge in [-0.05, 0) is 25.5 Å². The predicted molar refractivity (Wildman–Crippen MR) is 53.0 cm³/mol. The van der Waals surface area contributed by atoms with Gasteiger partial charge in [0.15, 0.2) is 0 Å². The molecular weight excluding hydrogens is 162 g/mol. The maximum Gasteiger partial charge on any atom is 0.123 e. The Bertz CT molecular complexity index is 279. The maximum atomic E-state index is 5.32. The summed E-state index contributed by atoms with van der Waals surface area (Å²) in [4.78, 5) is 0. The van der Waals surface area contributed by atoms with E-state index in [0.717, 1.165) is 12.3 Å². The number of para-hydroxylation sites is 1. The number of hydrogen-bond acceptors (Lipinski definition) is 2. The fraction of sp³-hybridized carbons (Fsp3) is 0.455. The lowest BCUT2D eigenvalue weighted by atomic mass is 10.0. The Kier molecular flexibility index (Phi) is 2.50. The molecule has 0 unspecified atom stereocenters. The number of ether oxygens (including phenoxy) is 1. The van der Waals surface area contributed by atoms with Gasteiger partial charge in [0.2, 0.25) is 0 Å². The molecule has 2 rings (SSSR count). The van der Waals surface area contributed by atoms with Crippen LogP contribution >= 0.6 is 0 Å². The monoisotopic (exact) mass is 177 g/mol. The molecule has 0 amide bonds. The Hall–Kier alpha value is -1.02. The molecule has 0 radical (unpaired) electrons. The van der Waals surface area contributed by atoms with Gasteiger partial charge in [0.25, 0.3) is 0 Å². The first-order valence-electron chi connectivity index (χ1n) is 4.78. The minimum atomic E-state index is 0.496. The third kappa shape index (κ3) is 1.68. The van der Waals surface area contributed by atoms with E-state index in [9.17, 15) is 0 Å². The fourth-order valence-electron chi connectivity index (χ4n) is 1.90. The highest BCUT2D eigenvalue weighted by atomic mass is 16.5. The van der Waals surface area contributed by atoms with Gasteiger partial charge in [0.1, 0.15) is 5.75 Å². The molecule has 1 aliphatic heterocycles. The summed E-state index contributed by atoms with van der Waals surface area (Å²) in [5.41, 5.74) is 1.29. The lowest BCUT2D eigenvalue weighted by molar-refractivity contribution is 0.403. The molecule has 1 aromatic carbocycles. The van der Waals surface area contributed by atoms with Crippen LogP contribution in [0.5, 0.6) is 5.75 Å². The van der Waals surface area contributed by atoms with Crippen LogP contribution in [-0.4, -0.2) is 13.7 Å². The van der Waals surface area contributed by atoms with Crippen LogP contribution in [0.2, 0.25) is 0 Å². The zero-order chi connectivity index (χ0) is 9.10. The first-order chi connectivity index (χ1) is 6.42. The van der Waals surface area contributed by atoms with E-state index in [1.165, 1.54) is 18.4 Å².